The van der Waals surface area contributed by atoms with Crippen LogP contribution in [-0.2, 0) is 15.8 Å². The number of anilines is 2. The zero-order chi connectivity index (χ0) is 15.5. The van der Waals surface area contributed by atoms with Gasteiger partial charge in [0.05, 0.1) is 23.8 Å². The predicted octanol–water partition coefficient (Wildman–Crippen LogP) is 2.14. The van der Waals surface area contributed by atoms with Crippen molar-refractivity contribution in [3.8, 4) is 0 Å². The van der Waals surface area contributed by atoms with Crippen molar-refractivity contribution in [2.24, 2.45) is 0 Å². The molecule has 21 heavy (non-hydrogen) atoms. The van der Waals surface area contributed by atoms with Gasteiger partial charge in [-0.1, -0.05) is 23.7 Å². The summed E-state index contributed by atoms with van der Waals surface area (Å²) in [5.74, 6) is 0.371. The SMILES string of the molecule is CN(C)c1ncc(NS(=O)(=O)Cc2ccc(Cl)cc2)cn1. The van der Waals surface area contributed by atoms with Crippen molar-refractivity contribution in [2.45, 2.75) is 5.75 Å². The third-order valence-electron chi connectivity index (χ3n) is 2.58. The number of hydrogen-bond donors (Lipinski definition) is 1. The Morgan fingerprint density at radius 1 is 1.14 bits per heavy atom. The van der Waals surface area contributed by atoms with Gasteiger partial charge in [0.2, 0.25) is 16.0 Å². The molecule has 0 bridgehead atoms. The van der Waals surface area contributed by atoms with E-state index in [9.17, 15) is 8.42 Å². The van der Waals surface area contributed by atoms with E-state index in [2.05, 4.69) is 14.7 Å². The Balaban J connectivity index is 2.08. The molecule has 2 aromatic rings. The van der Waals surface area contributed by atoms with E-state index in [1.165, 1.54) is 12.4 Å². The molecule has 0 atom stereocenters. The van der Waals surface area contributed by atoms with Crippen molar-refractivity contribution in [3.63, 3.8) is 0 Å². The third-order valence-corrected chi connectivity index (χ3v) is 4.09. The molecule has 0 fully saturated rings. The van der Waals surface area contributed by atoms with Crippen LogP contribution in [0.1, 0.15) is 5.56 Å². The lowest BCUT2D eigenvalue weighted by molar-refractivity contribution is 0.600. The fraction of sp³-hybridized carbons (Fsp3) is 0.231. The van der Waals surface area contributed by atoms with Crippen LogP contribution in [-0.4, -0.2) is 32.5 Å². The molecule has 0 radical (unpaired) electrons. The Bertz CT molecular complexity index is 700. The van der Waals surface area contributed by atoms with Crippen LogP contribution in [0.25, 0.3) is 0 Å². The second-order valence-corrected chi connectivity index (χ2v) is 6.81. The molecule has 0 aliphatic rings. The van der Waals surface area contributed by atoms with E-state index in [1.807, 2.05) is 0 Å². The molecule has 0 unspecified atom stereocenters. The molecule has 0 saturated heterocycles. The van der Waals surface area contributed by atoms with Crippen molar-refractivity contribution in [2.75, 3.05) is 23.7 Å². The van der Waals surface area contributed by atoms with Gasteiger partial charge in [-0.15, -0.1) is 0 Å². The minimum absolute atomic E-state index is 0.139. The molecular weight excluding hydrogens is 312 g/mol. The lowest BCUT2D eigenvalue weighted by Crippen LogP contribution is -2.16. The molecule has 112 valence electrons. The number of nitrogens with one attached hydrogen (secondary N) is 1. The van der Waals surface area contributed by atoms with E-state index >= 15 is 0 Å². The van der Waals surface area contributed by atoms with Crippen LogP contribution in [0.2, 0.25) is 5.02 Å². The molecule has 0 aliphatic carbocycles. The van der Waals surface area contributed by atoms with Crippen LogP contribution in [0.15, 0.2) is 36.7 Å². The number of aromatic nitrogens is 2. The monoisotopic (exact) mass is 326 g/mol. The Morgan fingerprint density at radius 2 is 1.71 bits per heavy atom. The zero-order valence-electron chi connectivity index (χ0n) is 11.6. The summed E-state index contributed by atoms with van der Waals surface area (Å²) >= 11 is 5.77. The van der Waals surface area contributed by atoms with Gasteiger partial charge in [0.15, 0.2) is 0 Å². The first-order valence-electron chi connectivity index (χ1n) is 6.10. The molecule has 0 saturated carbocycles. The van der Waals surface area contributed by atoms with E-state index in [0.717, 1.165) is 0 Å². The Labute approximate surface area is 128 Å². The highest BCUT2D eigenvalue weighted by molar-refractivity contribution is 7.91. The largest absolute Gasteiger partial charge is 0.347 e. The van der Waals surface area contributed by atoms with Gasteiger partial charge < -0.3 is 4.90 Å². The zero-order valence-corrected chi connectivity index (χ0v) is 13.2. The fourth-order valence-electron chi connectivity index (χ4n) is 1.62. The average molecular weight is 327 g/mol. The highest BCUT2D eigenvalue weighted by Gasteiger charge is 2.12. The number of hydrogen-bond acceptors (Lipinski definition) is 5. The normalized spacial score (nSPS) is 11.2. The van der Waals surface area contributed by atoms with Gasteiger partial charge in [0, 0.05) is 19.1 Å². The first kappa shape index (κ1) is 15.5. The van der Waals surface area contributed by atoms with Crippen molar-refractivity contribution >= 4 is 33.3 Å². The van der Waals surface area contributed by atoms with Gasteiger partial charge in [0.1, 0.15) is 0 Å². The molecular formula is C13H15ClN4O2S. The second-order valence-electron chi connectivity index (χ2n) is 4.65. The van der Waals surface area contributed by atoms with Crippen molar-refractivity contribution in [3.05, 3.63) is 47.2 Å². The van der Waals surface area contributed by atoms with Crippen LogP contribution >= 0.6 is 11.6 Å². The first-order chi connectivity index (χ1) is 9.85. The summed E-state index contributed by atoms with van der Waals surface area (Å²) < 4.78 is 26.6. The molecule has 6 nitrogen and oxygen atoms in total. The van der Waals surface area contributed by atoms with E-state index in [0.29, 0.717) is 22.2 Å². The summed E-state index contributed by atoms with van der Waals surface area (Å²) in [6.07, 6.45) is 2.86. The van der Waals surface area contributed by atoms with Gasteiger partial charge in [-0.2, -0.15) is 0 Å². The Hall–Kier alpha value is -1.86. The maximum atomic E-state index is 12.1. The summed E-state index contributed by atoms with van der Waals surface area (Å²) in [6.45, 7) is 0. The minimum Gasteiger partial charge on any atom is -0.347 e. The third kappa shape index (κ3) is 4.57. The molecule has 0 amide bonds. The van der Waals surface area contributed by atoms with Crippen LogP contribution in [0.3, 0.4) is 0 Å². The van der Waals surface area contributed by atoms with E-state index in [4.69, 9.17) is 11.6 Å². The second kappa shape index (κ2) is 6.28. The summed E-state index contributed by atoms with van der Waals surface area (Å²) in [6, 6.07) is 6.66. The number of nitrogens with zero attached hydrogens (tertiary/aromatic N) is 3. The lowest BCUT2D eigenvalue weighted by atomic mass is 10.2. The lowest BCUT2D eigenvalue weighted by Gasteiger charge is -2.11. The number of rotatable bonds is 5. The first-order valence-corrected chi connectivity index (χ1v) is 8.13. The van der Waals surface area contributed by atoms with Gasteiger partial charge >= 0.3 is 0 Å². The average Bonchev–Trinajstić information content (AvgIpc) is 2.41. The van der Waals surface area contributed by atoms with Crippen LogP contribution in [0, 0.1) is 0 Å². The highest BCUT2D eigenvalue weighted by Crippen LogP contribution is 2.15. The minimum atomic E-state index is -3.52. The van der Waals surface area contributed by atoms with Crippen molar-refractivity contribution in [1.82, 2.24) is 9.97 Å². The van der Waals surface area contributed by atoms with Crippen LogP contribution < -0.4 is 9.62 Å². The number of benzene rings is 1. The Morgan fingerprint density at radius 3 is 2.24 bits per heavy atom. The Kier molecular flexibility index (Phi) is 4.64. The number of sulfonamides is 1. The van der Waals surface area contributed by atoms with Gasteiger partial charge in [-0.25, -0.2) is 18.4 Å². The van der Waals surface area contributed by atoms with Crippen LogP contribution in [0.4, 0.5) is 11.6 Å². The van der Waals surface area contributed by atoms with E-state index in [-0.39, 0.29) is 5.75 Å². The van der Waals surface area contributed by atoms with Crippen molar-refractivity contribution < 1.29 is 8.42 Å². The number of halogens is 1. The molecule has 2 rings (SSSR count). The van der Waals surface area contributed by atoms with E-state index < -0.39 is 10.0 Å². The maximum Gasteiger partial charge on any atom is 0.237 e. The predicted molar refractivity (Wildman–Crippen MR) is 84.1 cm³/mol. The molecule has 8 heteroatoms. The molecule has 1 aromatic carbocycles. The summed E-state index contributed by atoms with van der Waals surface area (Å²) in [5.41, 5.74) is 0.979. The maximum absolute atomic E-state index is 12.1. The molecule has 0 spiro atoms. The molecule has 0 aliphatic heterocycles. The fourth-order valence-corrected chi connectivity index (χ4v) is 2.91. The molecule has 1 N–H and O–H groups in total. The van der Waals surface area contributed by atoms with Crippen LogP contribution in [0.5, 0.6) is 0 Å². The highest BCUT2D eigenvalue weighted by atomic mass is 35.5. The van der Waals surface area contributed by atoms with Gasteiger partial charge in [-0.3, -0.25) is 4.72 Å². The van der Waals surface area contributed by atoms with Gasteiger partial charge in [-0.05, 0) is 17.7 Å². The van der Waals surface area contributed by atoms with E-state index in [1.54, 1.807) is 43.3 Å². The quantitative estimate of drug-likeness (QED) is 0.911. The molecule has 1 heterocycles. The summed E-state index contributed by atoms with van der Waals surface area (Å²) in [4.78, 5) is 9.83. The molecule has 1 aromatic heterocycles. The summed E-state index contributed by atoms with van der Waals surface area (Å²) in [5, 5.41) is 0.566. The summed E-state index contributed by atoms with van der Waals surface area (Å²) in [7, 11) is 0.0902. The smallest absolute Gasteiger partial charge is 0.237 e. The topological polar surface area (TPSA) is 75.2 Å². The standard InChI is InChI=1S/C13H15ClN4O2S/c1-18(2)13-15-7-12(8-16-13)17-21(19,20)9-10-3-5-11(14)6-4-10/h3-8,17H,9H2,1-2H3. The van der Waals surface area contributed by atoms with Crippen molar-refractivity contribution in [1.29, 1.82) is 0 Å². The van der Waals surface area contributed by atoms with Gasteiger partial charge in [0.25, 0.3) is 0 Å².